The molecule has 0 saturated carbocycles. The van der Waals surface area contributed by atoms with Crippen molar-refractivity contribution in [3.05, 3.63) is 18.2 Å². The van der Waals surface area contributed by atoms with Gasteiger partial charge in [0.2, 0.25) is 5.91 Å². The van der Waals surface area contributed by atoms with E-state index in [9.17, 15) is 4.79 Å². The molecule has 2 N–H and O–H groups in total. The third-order valence-electron chi connectivity index (χ3n) is 3.53. The number of benzene rings is 1. The van der Waals surface area contributed by atoms with E-state index in [-0.39, 0.29) is 24.4 Å². The van der Waals surface area contributed by atoms with Crippen molar-refractivity contribution >= 4 is 45.0 Å². The molecule has 3 rings (SSSR count). The van der Waals surface area contributed by atoms with Crippen LogP contribution in [-0.2, 0) is 4.79 Å². The van der Waals surface area contributed by atoms with Crippen molar-refractivity contribution in [1.82, 2.24) is 10.3 Å². The van der Waals surface area contributed by atoms with Crippen molar-refractivity contribution in [1.29, 1.82) is 0 Å². The third-order valence-corrected chi connectivity index (χ3v) is 4.46. The molecule has 0 bridgehead atoms. The van der Waals surface area contributed by atoms with Crippen LogP contribution < -0.4 is 15.4 Å². The first-order valence-electron chi connectivity index (χ1n) is 7.34. The number of fused-ring (bicyclic) bond motifs is 1. The standard InChI is InChI=1S/C15H19N3O2S.ClH/c1-2-20-10-6-7-11-13(9-10)21-15(17-11)18-14(19)12-5-3-4-8-16-12;/h6-7,9,12,16H,2-5,8H2,1H3,(H,17,18,19);1H/t12-;/m0./s1. The number of carbonyl (C=O) groups excluding carboxylic acids is 1. The van der Waals surface area contributed by atoms with E-state index in [1.807, 2.05) is 25.1 Å². The summed E-state index contributed by atoms with van der Waals surface area (Å²) in [6.07, 6.45) is 3.14. The highest BCUT2D eigenvalue weighted by molar-refractivity contribution is 7.22. The van der Waals surface area contributed by atoms with E-state index in [4.69, 9.17) is 4.74 Å². The Morgan fingerprint density at radius 3 is 3.09 bits per heavy atom. The van der Waals surface area contributed by atoms with Crippen LogP contribution in [0.15, 0.2) is 18.2 Å². The van der Waals surface area contributed by atoms with E-state index >= 15 is 0 Å². The second-order valence-corrected chi connectivity index (χ2v) is 6.10. The summed E-state index contributed by atoms with van der Waals surface area (Å²) in [7, 11) is 0. The van der Waals surface area contributed by atoms with Crippen molar-refractivity contribution in [2.75, 3.05) is 18.5 Å². The summed E-state index contributed by atoms with van der Waals surface area (Å²) < 4.78 is 6.50. The summed E-state index contributed by atoms with van der Waals surface area (Å²) in [6, 6.07) is 5.70. The number of piperidine rings is 1. The van der Waals surface area contributed by atoms with Gasteiger partial charge in [0.25, 0.3) is 0 Å². The molecule has 1 aliphatic heterocycles. The first-order valence-corrected chi connectivity index (χ1v) is 8.15. The van der Waals surface area contributed by atoms with Crippen molar-refractivity contribution in [3.8, 4) is 5.75 Å². The molecule has 1 aliphatic rings. The highest BCUT2D eigenvalue weighted by Crippen LogP contribution is 2.29. The third kappa shape index (κ3) is 3.88. The highest BCUT2D eigenvalue weighted by atomic mass is 35.5. The average molecular weight is 342 g/mol. The minimum Gasteiger partial charge on any atom is -0.494 e. The normalized spacial score (nSPS) is 17.8. The first-order chi connectivity index (χ1) is 10.3. The molecule has 2 heterocycles. The Morgan fingerprint density at radius 1 is 1.50 bits per heavy atom. The highest BCUT2D eigenvalue weighted by Gasteiger charge is 2.21. The summed E-state index contributed by atoms with van der Waals surface area (Å²) in [5.41, 5.74) is 0.885. The maximum absolute atomic E-state index is 12.2. The van der Waals surface area contributed by atoms with E-state index in [2.05, 4.69) is 15.6 Å². The monoisotopic (exact) mass is 341 g/mol. The van der Waals surface area contributed by atoms with E-state index in [1.54, 1.807) is 0 Å². The number of hydrogen-bond acceptors (Lipinski definition) is 5. The van der Waals surface area contributed by atoms with Gasteiger partial charge in [0.15, 0.2) is 5.13 Å². The topological polar surface area (TPSA) is 63.2 Å². The fourth-order valence-electron chi connectivity index (χ4n) is 2.48. The van der Waals surface area contributed by atoms with Gasteiger partial charge in [0.1, 0.15) is 5.75 Å². The van der Waals surface area contributed by atoms with Gasteiger partial charge in [-0.25, -0.2) is 4.98 Å². The number of hydrogen-bond donors (Lipinski definition) is 2. The molecule has 1 saturated heterocycles. The summed E-state index contributed by atoms with van der Waals surface area (Å²) in [5.74, 6) is 0.847. The minimum absolute atomic E-state index is 0. The summed E-state index contributed by atoms with van der Waals surface area (Å²) in [4.78, 5) is 16.6. The van der Waals surface area contributed by atoms with E-state index in [1.165, 1.54) is 11.3 Å². The maximum atomic E-state index is 12.2. The molecule has 7 heteroatoms. The fraction of sp³-hybridized carbons (Fsp3) is 0.467. The molecule has 1 fully saturated rings. The SMILES string of the molecule is CCOc1ccc2nc(NC(=O)[C@@H]3CCCCN3)sc2c1.Cl. The number of aromatic nitrogens is 1. The number of ether oxygens (including phenoxy) is 1. The quantitative estimate of drug-likeness (QED) is 0.896. The maximum Gasteiger partial charge on any atom is 0.243 e. The fourth-order valence-corrected chi connectivity index (χ4v) is 3.38. The Labute approximate surface area is 139 Å². The largest absolute Gasteiger partial charge is 0.494 e. The van der Waals surface area contributed by atoms with Gasteiger partial charge in [0, 0.05) is 0 Å². The Morgan fingerprint density at radius 2 is 2.36 bits per heavy atom. The molecule has 0 spiro atoms. The molecule has 0 radical (unpaired) electrons. The molecule has 1 amide bonds. The summed E-state index contributed by atoms with van der Waals surface area (Å²) in [6.45, 7) is 3.51. The Bertz CT molecular complexity index is 641. The van der Waals surface area contributed by atoms with Crippen LogP contribution in [0.2, 0.25) is 0 Å². The van der Waals surface area contributed by atoms with Crippen molar-refractivity contribution < 1.29 is 9.53 Å². The van der Waals surface area contributed by atoms with Crippen molar-refractivity contribution in [2.24, 2.45) is 0 Å². The van der Waals surface area contributed by atoms with Gasteiger partial charge in [0.05, 0.1) is 22.9 Å². The summed E-state index contributed by atoms with van der Waals surface area (Å²) in [5, 5.41) is 6.81. The lowest BCUT2D eigenvalue weighted by molar-refractivity contribution is -0.118. The Hall–Kier alpha value is -1.37. The van der Waals surface area contributed by atoms with Gasteiger partial charge >= 0.3 is 0 Å². The van der Waals surface area contributed by atoms with Gasteiger partial charge < -0.3 is 15.4 Å². The van der Waals surface area contributed by atoms with Gasteiger partial charge in [-0.3, -0.25) is 4.79 Å². The van der Waals surface area contributed by atoms with E-state index in [0.717, 1.165) is 41.8 Å². The predicted octanol–water partition coefficient (Wildman–Crippen LogP) is 3.20. The molecule has 1 aromatic heterocycles. The first kappa shape index (κ1) is 17.0. The van der Waals surface area contributed by atoms with Crippen LogP contribution in [0.4, 0.5) is 5.13 Å². The smallest absolute Gasteiger partial charge is 0.243 e. The van der Waals surface area contributed by atoms with Crippen LogP contribution in [0.5, 0.6) is 5.75 Å². The number of amides is 1. The molecular formula is C15H20ClN3O2S. The number of anilines is 1. The lowest BCUT2D eigenvalue weighted by Gasteiger charge is -2.21. The Balaban J connectivity index is 0.00000176. The number of nitrogens with zero attached hydrogens (tertiary/aromatic N) is 1. The molecule has 0 aliphatic carbocycles. The molecular weight excluding hydrogens is 322 g/mol. The lowest BCUT2D eigenvalue weighted by Crippen LogP contribution is -2.43. The van der Waals surface area contributed by atoms with Crippen LogP contribution in [0, 0.1) is 0 Å². The van der Waals surface area contributed by atoms with Crippen LogP contribution in [0.3, 0.4) is 0 Å². The molecule has 2 aromatic rings. The predicted molar refractivity (Wildman–Crippen MR) is 92.3 cm³/mol. The van der Waals surface area contributed by atoms with Gasteiger partial charge in [-0.15, -0.1) is 12.4 Å². The average Bonchev–Trinajstić information content (AvgIpc) is 2.90. The minimum atomic E-state index is -0.0928. The molecule has 120 valence electrons. The molecule has 0 unspecified atom stereocenters. The molecule has 1 aromatic carbocycles. The zero-order valence-corrected chi connectivity index (χ0v) is 14.1. The van der Waals surface area contributed by atoms with Crippen LogP contribution >= 0.6 is 23.7 Å². The van der Waals surface area contributed by atoms with E-state index in [0.29, 0.717) is 11.7 Å². The lowest BCUT2D eigenvalue weighted by atomic mass is 10.0. The number of halogens is 1. The second kappa shape index (κ2) is 7.76. The number of carbonyl (C=O) groups is 1. The Kier molecular flexibility index (Phi) is 5.99. The number of nitrogens with one attached hydrogen (secondary N) is 2. The summed E-state index contributed by atoms with van der Waals surface area (Å²) >= 11 is 1.48. The van der Waals surface area contributed by atoms with Crippen molar-refractivity contribution in [2.45, 2.75) is 32.2 Å². The zero-order chi connectivity index (χ0) is 14.7. The van der Waals surface area contributed by atoms with Gasteiger partial charge in [-0.1, -0.05) is 17.8 Å². The molecule has 22 heavy (non-hydrogen) atoms. The number of thiazole rings is 1. The van der Waals surface area contributed by atoms with Crippen molar-refractivity contribution in [3.63, 3.8) is 0 Å². The van der Waals surface area contributed by atoms with Crippen LogP contribution in [0.25, 0.3) is 10.2 Å². The van der Waals surface area contributed by atoms with Crippen LogP contribution in [-0.4, -0.2) is 30.1 Å². The molecule has 5 nitrogen and oxygen atoms in total. The zero-order valence-electron chi connectivity index (χ0n) is 12.4. The van der Waals surface area contributed by atoms with E-state index < -0.39 is 0 Å². The molecule has 1 atom stereocenters. The van der Waals surface area contributed by atoms with Gasteiger partial charge in [-0.2, -0.15) is 0 Å². The van der Waals surface area contributed by atoms with Crippen LogP contribution in [0.1, 0.15) is 26.2 Å². The van der Waals surface area contributed by atoms with Gasteiger partial charge in [-0.05, 0) is 44.5 Å². The number of rotatable bonds is 4. The second-order valence-electron chi connectivity index (χ2n) is 5.07.